The van der Waals surface area contributed by atoms with Crippen molar-refractivity contribution in [3.8, 4) is 16.7 Å². The average Bonchev–Trinajstić information content (AvgIpc) is 2.82. The molecule has 0 aliphatic rings. The van der Waals surface area contributed by atoms with Crippen molar-refractivity contribution < 1.29 is 9.47 Å². The number of thiazole rings is 1. The van der Waals surface area contributed by atoms with E-state index in [2.05, 4.69) is 4.98 Å². The van der Waals surface area contributed by atoms with Crippen molar-refractivity contribution in [2.24, 2.45) is 0 Å². The molecule has 3 rings (SSSR count). The summed E-state index contributed by atoms with van der Waals surface area (Å²) >= 11 is 1.46. The van der Waals surface area contributed by atoms with Gasteiger partial charge in [0.25, 0.3) is 5.19 Å². The number of benzene rings is 2. The molecule has 5 heteroatoms. The van der Waals surface area contributed by atoms with Gasteiger partial charge in [-0.1, -0.05) is 23.5 Å². The number of para-hydroxylation sites is 2. The fraction of sp³-hybridized carbons (Fsp3) is 0.133. The van der Waals surface area contributed by atoms with Crippen LogP contribution in [-0.4, -0.2) is 11.6 Å². The maximum Gasteiger partial charge on any atom is 0.279 e. The van der Waals surface area contributed by atoms with Crippen LogP contribution >= 0.6 is 11.3 Å². The quantitative estimate of drug-likeness (QED) is 0.734. The zero-order chi connectivity index (χ0) is 13.9. The van der Waals surface area contributed by atoms with E-state index in [1.54, 1.807) is 0 Å². The van der Waals surface area contributed by atoms with Gasteiger partial charge in [0, 0.05) is 5.69 Å². The third kappa shape index (κ3) is 2.53. The number of fused-ring (bicyclic) bond motifs is 1. The fourth-order valence-corrected chi connectivity index (χ4v) is 2.74. The van der Waals surface area contributed by atoms with Gasteiger partial charge >= 0.3 is 0 Å². The zero-order valence-electron chi connectivity index (χ0n) is 11.0. The number of nitrogen functional groups attached to an aromatic ring is 1. The van der Waals surface area contributed by atoms with Crippen LogP contribution in [0.5, 0.6) is 16.7 Å². The summed E-state index contributed by atoms with van der Waals surface area (Å²) in [5.41, 5.74) is 7.37. The summed E-state index contributed by atoms with van der Waals surface area (Å²) in [5, 5.41) is 0.581. The number of hydrogen-bond acceptors (Lipinski definition) is 5. The number of anilines is 1. The van der Waals surface area contributed by atoms with Crippen LogP contribution in [0.25, 0.3) is 10.2 Å². The number of nitrogens with zero attached hydrogens (tertiary/aromatic N) is 1. The van der Waals surface area contributed by atoms with Crippen LogP contribution in [0.1, 0.15) is 6.92 Å². The summed E-state index contributed by atoms with van der Waals surface area (Å²) in [4.78, 5) is 4.44. The highest BCUT2D eigenvalue weighted by atomic mass is 32.1. The van der Waals surface area contributed by atoms with E-state index in [-0.39, 0.29) is 0 Å². The molecule has 0 aliphatic carbocycles. The minimum atomic E-state index is 0.581. The van der Waals surface area contributed by atoms with Gasteiger partial charge in [-0.3, -0.25) is 0 Å². The molecule has 1 aromatic heterocycles. The highest BCUT2D eigenvalue weighted by Crippen LogP contribution is 2.36. The van der Waals surface area contributed by atoms with Crippen LogP contribution in [0.15, 0.2) is 42.5 Å². The van der Waals surface area contributed by atoms with Crippen LogP contribution in [0.2, 0.25) is 0 Å². The van der Waals surface area contributed by atoms with Crippen molar-refractivity contribution in [3.63, 3.8) is 0 Å². The Hall–Kier alpha value is -2.27. The van der Waals surface area contributed by atoms with E-state index in [0.717, 1.165) is 15.9 Å². The van der Waals surface area contributed by atoms with E-state index in [0.29, 0.717) is 23.3 Å². The summed E-state index contributed by atoms with van der Waals surface area (Å²) < 4.78 is 12.4. The van der Waals surface area contributed by atoms with Crippen LogP contribution in [0.3, 0.4) is 0 Å². The van der Waals surface area contributed by atoms with Gasteiger partial charge in [0.15, 0.2) is 11.5 Å². The Balaban J connectivity index is 1.93. The topological polar surface area (TPSA) is 57.4 Å². The van der Waals surface area contributed by atoms with Gasteiger partial charge in [0.1, 0.15) is 0 Å². The fourth-order valence-electron chi connectivity index (χ4n) is 1.87. The summed E-state index contributed by atoms with van der Waals surface area (Å²) in [6.45, 7) is 2.54. The van der Waals surface area contributed by atoms with Gasteiger partial charge in [-0.25, -0.2) is 4.98 Å². The highest BCUT2D eigenvalue weighted by Gasteiger charge is 2.09. The molecule has 102 valence electrons. The molecule has 0 radical (unpaired) electrons. The van der Waals surface area contributed by atoms with E-state index in [1.807, 2.05) is 49.4 Å². The number of hydrogen-bond donors (Lipinski definition) is 1. The number of nitrogens with two attached hydrogens (primary N) is 1. The lowest BCUT2D eigenvalue weighted by Gasteiger charge is -2.08. The van der Waals surface area contributed by atoms with Crippen LogP contribution in [0, 0.1) is 0 Å². The van der Waals surface area contributed by atoms with Crippen molar-refractivity contribution in [1.82, 2.24) is 4.98 Å². The molecule has 0 saturated heterocycles. The molecule has 0 aliphatic heterocycles. The first-order valence-electron chi connectivity index (χ1n) is 6.32. The lowest BCUT2D eigenvalue weighted by Crippen LogP contribution is -1.94. The van der Waals surface area contributed by atoms with E-state index in [9.17, 15) is 0 Å². The predicted molar refractivity (Wildman–Crippen MR) is 81.7 cm³/mol. The normalized spacial score (nSPS) is 10.7. The Bertz CT molecular complexity index is 740. The third-order valence-electron chi connectivity index (χ3n) is 2.74. The Labute approximate surface area is 120 Å². The first-order valence-corrected chi connectivity index (χ1v) is 7.13. The molecule has 2 aromatic carbocycles. The Kier molecular flexibility index (Phi) is 3.43. The smallest absolute Gasteiger partial charge is 0.279 e. The molecule has 0 bridgehead atoms. The Morgan fingerprint density at radius 2 is 1.95 bits per heavy atom. The predicted octanol–water partition coefficient (Wildman–Crippen LogP) is 4.07. The standard InChI is InChI=1S/C15H14N2O2S/c1-2-18-12-5-3-4-6-13(12)19-15-17-11-8-7-10(16)9-14(11)20-15/h3-9H,2,16H2,1H3. The van der Waals surface area contributed by atoms with E-state index in [1.165, 1.54) is 11.3 Å². The van der Waals surface area contributed by atoms with Crippen LogP contribution < -0.4 is 15.2 Å². The minimum absolute atomic E-state index is 0.581. The van der Waals surface area contributed by atoms with Crippen molar-refractivity contribution >= 4 is 27.2 Å². The van der Waals surface area contributed by atoms with Crippen molar-refractivity contribution in [2.75, 3.05) is 12.3 Å². The average molecular weight is 286 g/mol. The molecule has 0 fully saturated rings. The molecule has 3 aromatic rings. The van der Waals surface area contributed by atoms with Crippen LogP contribution in [0.4, 0.5) is 5.69 Å². The van der Waals surface area contributed by atoms with Crippen molar-refractivity contribution in [2.45, 2.75) is 6.92 Å². The van der Waals surface area contributed by atoms with Crippen LogP contribution in [-0.2, 0) is 0 Å². The second-order valence-electron chi connectivity index (χ2n) is 4.19. The van der Waals surface area contributed by atoms with Gasteiger partial charge in [-0.05, 0) is 37.3 Å². The highest BCUT2D eigenvalue weighted by molar-refractivity contribution is 7.20. The number of aromatic nitrogens is 1. The second-order valence-corrected chi connectivity index (χ2v) is 5.18. The first-order chi connectivity index (χ1) is 9.76. The second kappa shape index (κ2) is 5.38. The first kappa shape index (κ1) is 12.7. The van der Waals surface area contributed by atoms with Gasteiger partial charge in [-0.2, -0.15) is 0 Å². The monoisotopic (exact) mass is 286 g/mol. The minimum Gasteiger partial charge on any atom is -0.490 e. The van der Waals surface area contributed by atoms with Gasteiger partial charge in [0.2, 0.25) is 0 Å². The molecule has 0 spiro atoms. The molecule has 0 amide bonds. The third-order valence-corrected chi connectivity index (χ3v) is 3.64. The number of ether oxygens (including phenoxy) is 2. The lowest BCUT2D eigenvalue weighted by atomic mass is 10.3. The van der Waals surface area contributed by atoms with Crippen molar-refractivity contribution in [3.05, 3.63) is 42.5 Å². The lowest BCUT2D eigenvalue weighted by molar-refractivity contribution is 0.321. The Morgan fingerprint density at radius 1 is 1.15 bits per heavy atom. The molecule has 0 unspecified atom stereocenters. The van der Waals surface area contributed by atoms with E-state index < -0.39 is 0 Å². The van der Waals surface area contributed by atoms with E-state index in [4.69, 9.17) is 15.2 Å². The Morgan fingerprint density at radius 3 is 2.75 bits per heavy atom. The SMILES string of the molecule is CCOc1ccccc1Oc1nc2ccc(N)cc2s1. The van der Waals surface area contributed by atoms with Crippen molar-refractivity contribution in [1.29, 1.82) is 0 Å². The largest absolute Gasteiger partial charge is 0.490 e. The van der Waals surface area contributed by atoms with Gasteiger partial charge in [0.05, 0.1) is 16.8 Å². The summed E-state index contributed by atoms with van der Waals surface area (Å²) in [6.07, 6.45) is 0. The number of rotatable bonds is 4. The van der Waals surface area contributed by atoms with Gasteiger partial charge < -0.3 is 15.2 Å². The van der Waals surface area contributed by atoms with Gasteiger partial charge in [-0.15, -0.1) is 0 Å². The maximum atomic E-state index is 5.83. The molecule has 0 atom stereocenters. The molecule has 4 nitrogen and oxygen atoms in total. The zero-order valence-corrected chi connectivity index (χ0v) is 11.8. The molecule has 20 heavy (non-hydrogen) atoms. The molecule has 1 heterocycles. The molecular formula is C15H14N2O2S. The molecule has 0 saturated carbocycles. The maximum absolute atomic E-state index is 5.83. The van der Waals surface area contributed by atoms with E-state index >= 15 is 0 Å². The summed E-state index contributed by atoms with van der Waals surface area (Å²) in [5.74, 6) is 1.38. The summed E-state index contributed by atoms with van der Waals surface area (Å²) in [7, 11) is 0. The molecule has 2 N–H and O–H groups in total. The summed E-state index contributed by atoms with van der Waals surface area (Å²) in [6, 6.07) is 13.2. The molecular weight excluding hydrogens is 272 g/mol.